The third-order valence-electron chi connectivity index (χ3n) is 4.48. The van der Waals surface area contributed by atoms with Gasteiger partial charge in [-0.1, -0.05) is 19.8 Å². The second-order valence-corrected chi connectivity index (χ2v) is 6.22. The van der Waals surface area contributed by atoms with Crippen molar-refractivity contribution in [2.45, 2.75) is 38.6 Å². The third kappa shape index (κ3) is 4.88. The first-order valence-corrected chi connectivity index (χ1v) is 8.34. The van der Waals surface area contributed by atoms with Gasteiger partial charge in [0.05, 0.1) is 20.8 Å². The molecule has 6 heteroatoms. The fourth-order valence-corrected chi connectivity index (χ4v) is 2.99. The summed E-state index contributed by atoms with van der Waals surface area (Å²) in [6.07, 6.45) is 4.52. The fraction of sp³-hybridized carbons (Fsp3) is 0.556. The minimum Gasteiger partial charge on any atom is -0.497 e. The lowest BCUT2D eigenvalue weighted by Crippen LogP contribution is -2.45. The van der Waals surface area contributed by atoms with Gasteiger partial charge in [0.2, 0.25) is 5.91 Å². The molecule has 1 saturated carbocycles. The zero-order valence-electron chi connectivity index (χ0n) is 14.6. The number of carbonyl (C=O) groups is 2. The van der Waals surface area contributed by atoms with Crippen molar-refractivity contribution in [1.82, 2.24) is 10.6 Å². The van der Waals surface area contributed by atoms with Gasteiger partial charge in [-0.25, -0.2) is 0 Å². The molecular weight excluding hydrogens is 308 g/mol. The molecule has 0 bridgehead atoms. The Labute approximate surface area is 142 Å². The van der Waals surface area contributed by atoms with Gasteiger partial charge in [0, 0.05) is 17.7 Å². The van der Waals surface area contributed by atoms with E-state index in [-0.39, 0.29) is 24.4 Å². The molecule has 2 rings (SSSR count). The minimum absolute atomic E-state index is 0.0401. The van der Waals surface area contributed by atoms with Crippen molar-refractivity contribution >= 4 is 11.8 Å². The van der Waals surface area contributed by atoms with E-state index in [0.717, 1.165) is 19.3 Å². The maximum Gasteiger partial charge on any atom is 0.251 e. The molecule has 1 aliphatic carbocycles. The van der Waals surface area contributed by atoms with Crippen LogP contribution in [0.3, 0.4) is 0 Å². The molecule has 1 aromatic carbocycles. The summed E-state index contributed by atoms with van der Waals surface area (Å²) in [6.45, 7) is 2.12. The summed E-state index contributed by atoms with van der Waals surface area (Å²) in [4.78, 5) is 24.3. The van der Waals surface area contributed by atoms with E-state index < -0.39 is 0 Å². The lowest BCUT2D eigenvalue weighted by atomic mass is 9.86. The Bertz CT molecular complexity index is 566. The molecule has 2 amide bonds. The van der Waals surface area contributed by atoms with Crippen LogP contribution in [0, 0.1) is 5.92 Å². The molecule has 0 aromatic heterocycles. The summed E-state index contributed by atoms with van der Waals surface area (Å²) < 4.78 is 10.3. The van der Waals surface area contributed by atoms with E-state index in [4.69, 9.17) is 9.47 Å². The molecular formula is C18H26N2O4. The van der Waals surface area contributed by atoms with Crippen LogP contribution in [0.5, 0.6) is 11.5 Å². The Kier molecular flexibility index (Phi) is 6.46. The summed E-state index contributed by atoms with van der Waals surface area (Å²) in [5.74, 6) is 1.05. The highest BCUT2D eigenvalue weighted by atomic mass is 16.5. The molecule has 0 spiro atoms. The van der Waals surface area contributed by atoms with Crippen LogP contribution >= 0.6 is 0 Å². The maximum absolute atomic E-state index is 12.2. The van der Waals surface area contributed by atoms with Crippen LogP contribution in [0.4, 0.5) is 0 Å². The highest BCUT2D eigenvalue weighted by Crippen LogP contribution is 2.24. The van der Waals surface area contributed by atoms with Gasteiger partial charge in [-0.05, 0) is 30.9 Å². The van der Waals surface area contributed by atoms with Crippen LogP contribution in [-0.4, -0.2) is 38.6 Å². The highest BCUT2D eigenvalue weighted by Gasteiger charge is 2.22. The monoisotopic (exact) mass is 334 g/mol. The first-order chi connectivity index (χ1) is 11.5. The van der Waals surface area contributed by atoms with Gasteiger partial charge < -0.3 is 20.1 Å². The summed E-state index contributed by atoms with van der Waals surface area (Å²) in [6, 6.07) is 5.12. The molecule has 1 aliphatic rings. The Morgan fingerprint density at radius 1 is 1.08 bits per heavy atom. The second kappa shape index (κ2) is 8.57. The van der Waals surface area contributed by atoms with Crippen LogP contribution < -0.4 is 20.1 Å². The summed E-state index contributed by atoms with van der Waals surface area (Å²) in [5.41, 5.74) is 0.394. The quantitative estimate of drug-likeness (QED) is 0.835. The molecule has 1 aromatic rings. The molecule has 2 N–H and O–H groups in total. The van der Waals surface area contributed by atoms with Crippen LogP contribution in [-0.2, 0) is 4.79 Å². The maximum atomic E-state index is 12.2. The molecule has 132 valence electrons. The van der Waals surface area contributed by atoms with E-state index in [1.165, 1.54) is 20.6 Å². The van der Waals surface area contributed by atoms with Crippen LogP contribution in [0.15, 0.2) is 18.2 Å². The summed E-state index contributed by atoms with van der Waals surface area (Å²) in [5, 5.41) is 5.66. The zero-order chi connectivity index (χ0) is 17.5. The first kappa shape index (κ1) is 18.1. The molecule has 6 nitrogen and oxygen atoms in total. The zero-order valence-corrected chi connectivity index (χ0v) is 14.6. The number of rotatable bonds is 6. The SMILES string of the molecule is COc1cc(OC)cc(C(=O)NCC(=O)N[C@H]2CCCC[C@@H]2C)c1. The van der Waals surface area contributed by atoms with Gasteiger partial charge >= 0.3 is 0 Å². The number of benzene rings is 1. The molecule has 0 heterocycles. The average Bonchev–Trinajstić information content (AvgIpc) is 2.61. The average molecular weight is 334 g/mol. The standard InChI is InChI=1S/C18H26N2O4/c1-12-6-4-5-7-16(12)20-17(21)11-19-18(22)13-8-14(23-2)10-15(9-13)24-3/h8-10,12,16H,4-7,11H2,1-3H3,(H,19,22)(H,20,21)/t12-,16-/m0/s1. The smallest absolute Gasteiger partial charge is 0.251 e. The molecule has 1 fully saturated rings. The predicted molar refractivity (Wildman–Crippen MR) is 91.4 cm³/mol. The van der Waals surface area contributed by atoms with Gasteiger partial charge in [-0.3, -0.25) is 9.59 Å². The minimum atomic E-state index is -0.334. The number of hydrogen-bond donors (Lipinski definition) is 2. The normalized spacial score (nSPS) is 20.1. The highest BCUT2D eigenvalue weighted by molar-refractivity contribution is 5.97. The van der Waals surface area contributed by atoms with E-state index in [2.05, 4.69) is 17.6 Å². The van der Waals surface area contributed by atoms with Crippen molar-refractivity contribution < 1.29 is 19.1 Å². The van der Waals surface area contributed by atoms with E-state index >= 15 is 0 Å². The van der Waals surface area contributed by atoms with E-state index in [1.807, 2.05) is 0 Å². The Morgan fingerprint density at radius 2 is 1.71 bits per heavy atom. The Hall–Kier alpha value is -2.24. The molecule has 0 unspecified atom stereocenters. The van der Waals surface area contributed by atoms with Crippen LogP contribution in [0.25, 0.3) is 0 Å². The lowest BCUT2D eigenvalue weighted by Gasteiger charge is -2.29. The fourth-order valence-electron chi connectivity index (χ4n) is 2.99. The van der Waals surface area contributed by atoms with Gasteiger partial charge in [0.1, 0.15) is 11.5 Å². The van der Waals surface area contributed by atoms with Crippen LogP contribution in [0.1, 0.15) is 43.0 Å². The van der Waals surface area contributed by atoms with E-state index in [1.54, 1.807) is 18.2 Å². The number of methoxy groups -OCH3 is 2. The number of hydrogen-bond acceptors (Lipinski definition) is 4. The number of amides is 2. The topological polar surface area (TPSA) is 76.7 Å². The van der Waals surface area contributed by atoms with Crippen molar-refractivity contribution in [3.05, 3.63) is 23.8 Å². The number of carbonyl (C=O) groups excluding carboxylic acids is 2. The van der Waals surface area contributed by atoms with Gasteiger partial charge in [-0.15, -0.1) is 0 Å². The summed E-state index contributed by atoms with van der Waals surface area (Å²) >= 11 is 0. The third-order valence-corrected chi connectivity index (χ3v) is 4.48. The van der Waals surface area contributed by atoms with E-state index in [9.17, 15) is 9.59 Å². The molecule has 24 heavy (non-hydrogen) atoms. The van der Waals surface area contributed by atoms with Crippen molar-refractivity contribution in [2.75, 3.05) is 20.8 Å². The molecule has 0 radical (unpaired) electrons. The van der Waals surface area contributed by atoms with Crippen molar-refractivity contribution in [1.29, 1.82) is 0 Å². The predicted octanol–water partition coefficient (Wildman–Crippen LogP) is 2.13. The van der Waals surface area contributed by atoms with Crippen molar-refractivity contribution in [3.8, 4) is 11.5 Å². The summed E-state index contributed by atoms with van der Waals surface area (Å²) in [7, 11) is 3.05. The number of ether oxygens (including phenoxy) is 2. The lowest BCUT2D eigenvalue weighted by molar-refractivity contribution is -0.121. The van der Waals surface area contributed by atoms with Crippen LogP contribution in [0.2, 0.25) is 0 Å². The first-order valence-electron chi connectivity index (χ1n) is 8.34. The molecule has 0 aliphatic heterocycles. The van der Waals surface area contributed by atoms with Gasteiger partial charge in [0.15, 0.2) is 0 Å². The van der Waals surface area contributed by atoms with Crippen molar-refractivity contribution in [3.63, 3.8) is 0 Å². The number of nitrogens with one attached hydrogen (secondary N) is 2. The van der Waals surface area contributed by atoms with Gasteiger partial charge in [0.25, 0.3) is 5.91 Å². The van der Waals surface area contributed by atoms with Crippen molar-refractivity contribution in [2.24, 2.45) is 5.92 Å². The second-order valence-electron chi connectivity index (χ2n) is 6.22. The molecule has 0 saturated heterocycles. The van der Waals surface area contributed by atoms with E-state index in [0.29, 0.717) is 23.0 Å². The molecule has 2 atom stereocenters. The largest absolute Gasteiger partial charge is 0.497 e. The van der Waals surface area contributed by atoms with Gasteiger partial charge in [-0.2, -0.15) is 0 Å². The Balaban J connectivity index is 1.89. The Morgan fingerprint density at radius 3 is 2.29 bits per heavy atom.